The summed E-state index contributed by atoms with van der Waals surface area (Å²) in [6, 6.07) is 22.4. The topological polar surface area (TPSA) is 58.6 Å². The van der Waals surface area contributed by atoms with Crippen molar-refractivity contribution in [3.63, 3.8) is 0 Å². The van der Waals surface area contributed by atoms with Crippen molar-refractivity contribution in [1.82, 2.24) is 4.90 Å². The summed E-state index contributed by atoms with van der Waals surface area (Å²) in [6.45, 7) is 4.28. The van der Waals surface area contributed by atoms with Crippen molar-refractivity contribution in [1.29, 1.82) is 0 Å². The van der Waals surface area contributed by atoms with Crippen molar-refractivity contribution in [3.05, 3.63) is 95.1 Å². The van der Waals surface area contributed by atoms with E-state index in [1.54, 1.807) is 25.1 Å². The Labute approximate surface area is 189 Å². The second-order valence-electron chi connectivity index (χ2n) is 8.46. The quantitative estimate of drug-likeness (QED) is 0.595. The zero-order valence-electron chi connectivity index (χ0n) is 18.8. The van der Waals surface area contributed by atoms with Crippen LogP contribution in [0.4, 0.5) is 5.69 Å². The highest BCUT2D eigenvalue weighted by atomic mass is 16.5. The molecule has 1 aliphatic heterocycles. The van der Waals surface area contributed by atoms with Crippen LogP contribution in [0.3, 0.4) is 0 Å². The third kappa shape index (κ3) is 3.98. The summed E-state index contributed by atoms with van der Waals surface area (Å²) in [7, 11) is 3.37. The number of hydrogen-bond donors (Lipinski definition) is 1. The van der Waals surface area contributed by atoms with Crippen LogP contribution >= 0.6 is 0 Å². The van der Waals surface area contributed by atoms with E-state index in [4.69, 9.17) is 4.74 Å². The van der Waals surface area contributed by atoms with E-state index in [0.29, 0.717) is 11.5 Å². The minimum Gasteiger partial charge on any atom is -0.497 e. The average Bonchev–Trinajstić information content (AvgIpc) is 2.81. The van der Waals surface area contributed by atoms with Crippen LogP contribution in [-0.2, 0) is 4.79 Å². The molecule has 5 heteroatoms. The van der Waals surface area contributed by atoms with E-state index in [0.717, 1.165) is 22.6 Å². The van der Waals surface area contributed by atoms with E-state index in [2.05, 4.69) is 19.2 Å². The molecule has 0 aliphatic carbocycles. The van der Waals surface area contributed by atoms with Gasteiger partial charge in [-0.2, -0.15) is 0 Å². The molecule has 0 aromatic heterocycles. The van der Waals surface area contributed by atoms with Crippen LogP contribution in [0.1, 0.15) is 58.8 Å². The molecule has 3 aromatic rings. The van der Waals surface area contributed by atoms with Crippen molar-refractivity contribution < 1.29 is 14.3 Å². The van der Waals surface area contributed by atoms with Crippen LogP contribution in [0.15, 0.2) is 72.8 Å². The number of likely N-dealkylation sites (N-methyl/N-ethyl adjacent to an activating group) is 1. The van der Waals surface area contributed by atoms with Gasteiger partial charge in [-0.25, -0.2) is 0 Å². The molecule has 0 spiro atoms. The van der Waals surface area contributed by atoms with Crippen molar-refractivity contribution in [2.24, 2.45) is 0 Å². The number of fused-ring (bicyclic) bond motifs is 1. The summed E-state index contributed by atoms with van der Waals surface area (Å²) < 4.78 is 5.28. The normalized spacial score (nSPS) is 17.8. The number of ether oxygens (including phenoxy) is 1. The molecule has 5 nitrogen and oxygen atoms in total. The Morgan fingerprint density at radius 1 is 0.969 bits per heavy atom. The molecule has 0 fully saturated rings. The van der Waals surface area contributed by atoms with Crippen LogP contribution in [-0.4, -0.2) is 30.9 Å². The SMILES string of the molecule is COc1ccc([C@@H]2[C@H](C(=O)Nc3ccc(C(C)C)cc3)c3ccccc3C(=O)N2C)cc1. The fourth-order valence-corrected chi connectivity index (χ4v) is 4.35. The number of rotatable bonds is 5. The van der Waals surface area contributed by atoms with Gasteiger partial charge < -0.3 is 15.0 Å². The first-order chi connectivity index (χ1) is 15.4. The zero-order chi connectivity index (χ0) is 22.8. The first kappa shape index (κ1) is 21.6. The Balaban J connectivity index is 1.74. The van der Waals surface area contributed by atoms with Crippen molar-refractivity contribution in [2.75, 3.05) is 19.5 Å². The van der Waals surface area contributed by atoms with E-state index in [-0.39, 0.29) is 11.8 Å². The van der Waals surface area contributed by atoms with E-state index < -0.39 is 12.0 Å². The van der Waals surface area contributed by atoms with Gasteiger partial charge in [0.1, 0.15) is 5.75 Å². The number of benzene rings is 3. The van der Waals surface area contributed by atoms with Crippen LogP contribution in [0.5, 0.6) is 5.75 Å². The highest BCUT2D eigenvalue weighted by molar-refractivity contribution is 6.04. The monoisotopic (exact) mass is 428 g/mol. The number of carbonyl (C=O) groups is 2. The smallest absolute Gasteiger partial charge is 0.254 e. The van der Waals surface area contributed by atoms with E-state index in [1.807, 2.05) is 66.7 Å². The molecule has 0 bridgehead atoms. The van der Waals surface area contributed by atoms with Gasteiger partial charge in [-0.05, 0) is 52.9 Å². The summed E-state index contributed by atoms with van der Waals surface area (Å²) in [4.78, 5) is 28.4. The molecule has 1 heterocycles. The van der Waals surface area contributed by atoms with Crippen LogP contribution in [0, 0.1) is 0 Å². The van der Waals surface area contributed by atoms with Gasteiger partial charge >= 0.3 is 0 Å². The first-order valence-electron chi connectivity index (χ1n) is 10.8. The Morgan fingerprint density at radius 3 is 2.25 bits per heavy atom. The lowest BCUT2D eigenvalue weighted by atomic mass is 9.79. The number of anilines is 1. The van der Waals surface area contributed by atoms with Crippen LogP contribution < -0.4 is 10.1 Å². The summed E-state index contributed by atoms with van der Waals surface area (Å²) in [6.07, 6.45) is 0. The van der Waals surface area contributed by atoms with Gasteiger partial charge in [0.2, 0.25) is 5.91 Å². The summed E-state index contributed by atoms with van der Waals surface area (Å²) in [5.74, 6) is 0.364. The maximum atomic E-state index is 13.6. The molecule has 1 N–H and O–H groups in total. The highest BCUT2D eigenvalue weighted by Gasteiger charge is 2.42. The molecular weight excluding hydrogens is 400 g/mol. The van der Waals surface area contributed by atoms with Crippen molar-refractivity contribution >= 4 is 17.5 Å². The largest absolute Gasteiger partial charge is 0.497 e. The third-order valence-corrected chi connectivity index (χ3v) is 6.16. The number of nitrogens with zero attached hydrogens (tertiary/aromatic N) is 1. The molecule has 0 radical (unpaired) electrons. The molecule has 32 heavy (non-hydrogen) atoms. The standard InChI is InChI=1S/C27H28N2O3/c1-17(2)18-9-13-20(14-10-18)28-26(30)24-22-7-5-6-8-23(22)27(31)29(3)25(24)19-11-15-21(32-4)16-12-19/h5-17,24-25H,1-4H3,(H,28,30)/t24-,25-/m1/s1. The maximum Gasteiger partial charge on any atom is 0.254 e. The summed E-state index contributed by atoms with van der Waals surface area (Å²) >= 11 is 0. The number of methoxy groups -OCH3 is 1. The lowest BCUT2D eigenvalue weighted by Gasteiger charge is -2.39. The van der Waals surface area contributed by atoms with Crippen molar-refractivity contribution in [3.8, 4) is 5.75 Å². The van der Waals surface area contributed by atoms with Gasteiger partial charge in [0.15, 0.2) is 0 Å². The highest BCUT2D eigenvalue weighted by Crippen LogP contribution is 2.42. The van der Waals surface area contributed by atoms with Gasteiger partial charge in [0, 0.05) is 18.3 Å². The number of hydrogen-bond acceptors (Lipinski definition) is 3. The second kappa shape index (κ2) is 8.87. The molecule has 164 valence electrons. The van der Waals surface area contributed by atoms with Crippen molar-refractivity contribution in [2.45, 2.75) is 31.7 Å². The maximum absolute atomic E-state index is 13.6. The molecule has 2 amide bonds. The molecule has 0 unspecified atom stereocenters. The predicted molar refractivity (Wildman–Crippen MR) is 126 cm³/mol. The van der Waals surface area contributed by atoms with E-state index in [9.17, 15) is 9.59 Å². The molecule has 0 saturated heterocycles. The fourth-order valence-electron chi connectivity index (χ4n) is 4.35. The third-order valence-electron chi connectivity index (χ3n) is 6.16. The molecular formula is C27H28N2O3. The van der Waals surface area contributed by atoms with E-state index in [1.165, 1.54) is 5.56 Å². The minimum atomic E-state index is -0.549. The van der Waals surface area contributed by atoms with Crippen LogP contribution in [0.2, 0.25) is 0 Å². The Kier molecular flexibility index (Phi) is 5.99. The van der Waals surface area contributed by atoms with Crippen LogP contribution in [0.25, 0.3) is 0 Å². The van der Waals surface area contributed by atoms with Gasteiger partial charge in [0.25, 0.3) is 5.91 Å². The fraction of sp³-hybridized carbons (Fsp3) is 0.259. The summed E-state index contributed by atoms with van der Waals surface area (Å²) in [5.41, 5.74) is 4.15. The molecule has 2 atom stereocenters. The molecule has 0 saturated carbocycles. The number of carbonyl (C=O) groups excluding carboxylic acids is 2. The predicted octanol–water partition coefficient (Wildman–Crippen LogP) is 5.37. The number of amides is 2. The lowest BCUT2D eigenvalue weighted by Crippen LogP contribution is -2.44. The van der Waals surface area contributed by atoms with Gasteiger partial charge in [0.05, 0.1) is 19.1 Å². The van der Waals surface area contributed by atoms with Gasteiger partial charge in [-0.3, -0.25) is 9.59 Å². The Bertz CT molecular complexity index is 1120. The number of nitrogens with one attached hydrogen (secondary N) is 1. The van der Waals surface area contributed by atoms with Gasteiger partial charge in [-0.1, -0.05) is 56.3 Å². The summed E-state index contributed by atoms with van der Waals surface area (Å²) in [5, 5.41) is 3.07. The Hall–Kier alpha value is -3.60. The van der Waals surface area contributed by atoms with Gasteiger partial charge in [-0.15, -0.1) is 0 Å². The minimum absolute atomic E-state index is 0.0910. The molecule has 1 aliphatic rings. The second-order valence-corrected chi connectivity index (χ2v) is 8.46. The lowest BCUT2D eigenvalue weighted by molar-refractivity contribution is -0.119. The molecule has 3 aromatic carbocycles. The first-order valence-corrected chi connectivity index (χ1v) is 10.8. The zero-order valence-corrected chi connectivity index (χ0v) is 18.8. The Morgan fingerprint density at radius 2 is 1.62 bits per heavy atom. The average molecular weight is 429 g/mol. The van der Waals surface area contributed by atoms with E-state index >= 15 is 0 Å². The molecule has 4 rings (SSSR count).